The van der Waals surface area contributed by atoms with Crippen molar-refractivity contribution in [2.45, 2.75) is 13.8 Å². The molecule has 7 heteroatoms. The highest BCUT2D eigenvalue weighted by molar-refractivity contribution is 6.06. The molecular formula is C25H23N3O4. The molecule has 0 saturated heterocycles. The minimum Gasteiger partial charge on any atom is -0.465 e. The topological polar surface area (TPSA) is 75.4 Å². The SMILES string of the molecule is COC(=O)c1c(-c2ccc(-n3c(C)ccc3C)cc2)nn(-c2ccccc2)c1C(=O)OC. The summed E-state index contributed by atoms with van der Waals surface area (Å²) in [6.07, 6.45) is 0. The third-order valence-electron chi connectivity index (χ3n) is 5.32. The zero-order chi connectivity index (χ0) is 22.8. The molecule has 4 rings (SSSR count). The predicted molar refractivity (Wildman–Crippen MR) is 120 cm³/mol. The molecule has 4 aromatic rings. The highest BCUT2D eigenvalue weighted by Gasteiger charge is 2.31. The Morgan fingerprint density at radius 1 is 0.750 bits per heavy atom. The van der Waals surface area contributed by atoms with Crippen LogP contribution in [0, 0.1) is 13.8 Å². The normalized spacial score (nSPS) is 10.8. The van der Waals surface area contributed by atoms with Crippen molar-refractivity contribution in [2.24, 2.45) is 0 Å². The van der Waals surface area contributed by atoms with Gasteiger partial charge >= 0.3 is 11.9 Å². The standard InChI is InChI=1S/C25H23N3O4/c1-16-10-11-17(2)27(16)19-14-12-18(13-15-19)22-21(24(29)31-3)23(25(30)32-4)28(26-22)20-8-6-5-7-9-20/h5-15H,1-4H3. The predicted octanol–water partition coefficient (Wildman–Crippen LogP) is 4.52. The number of carbonyl (C=O) groups excluding carboxylic acids is 2. The molecule has 0 aliphatic rings. The van der Waals surface area contributed by atoms with Gasteiger partial charge in [-0.15, -0.1) is 0 Å². The van der Waals surface area contributed by atoms with E-state index in [-0.39, 0.29) is 11.3 Å². The van der Waals surface area contributed by atoms with Gasteiger partial charge in [0.05, 0.1) is 19.9 Å². The highest BCUT2D eigenvalue weighted by atomic mass is 16.5. The van der Waals surface area contributed by atoms with Crippen LogP contribution >= 0.6 is 0 Å². The van der Waals surface area contributed by atoms with Crippen molar-refractivity contribution in [1.29, 1.82) is 0 Å². The highest BCUT2D eigenvalue weighted by Crippen LogP contribution is 2.30. The Kier molecular flexibility index (Phi) is 5.64. The monoisotopic (exact) mass is 429 g/mol. The molecule has 0 aliphatic carbocycles. The quantitative estimate of drug-likeness (QED) is 0.436. The van der Waals surface area contributed by atoms with Gasteiger partial charge in [0.15, 0.2) is 5.69 Å². The van der Waals surface area contributed by atoms with Crippen molar-refractivity contribution in [2.75, 3.05) is 14.2 Å². The lowest BCUT2D eigenvalue weighted by atomic mass is 10.0. The molecule has 0 spiro atoms. The smallest absolute Gasteiger partial charge is 0.357 e. The summed E-state index contributed by atoms with van der Waals surface area (Å²) < 4.78 is 13.5. The summed E-state index contributed by atoms with van der Waals surface area (Å²) >= 11 is 0. The number of methoxy groups -OCH3 is 2. The van der Waals surface area contributed by atoms with Crippen LogP contribution in [0.4, 0.5) is 0 Å². The van der Waals surface area contributed by atoms with Crippen molar-refractivity contribution in [1.82, 2.24) is 14.3 Å². The summed E-state index contributed by atoms with van der Waals surface area (Å²) in [6.45, 7) is 4.08. The molecule has 0 bridgehead atoms. The number of ether oxygens (including phenoxy) is 2. The van der Waals surface area contributed by atoms with Gasteiger partial charge in [0.25, 0.3) is 0 Å². The largest absolute Gasteiger partial charge is 0.465 e. The number of nitrogens with zero attached hydrogens (tertiary/aromatic N) is 3. The van der Waals surface area contributed by atoms with E-state index in [2.05, 4.69) is 21.8 Å². The molecule has 0 saturated carbocycles. The van der Waals surface area contributed by atoms with Crippen molar-refractivity contribution in [3.05, 3.63) is 89.4 Å². The van der Waals surface area contributed by atoms with E-state index >= 15 is 0 Å². The van der Waals surface area contributed by atoms with Crippen LogP contribution in [0.3, 0.4) is 0 Å². The molecule has 0 unspecified atom stereocenters. The lowest BCUT2D eigenvalue weighted by Crippen LogP contribution is -2.15. The van der Waals surface area contributed by atoms with Gasteiger partial charge in [0, 0.05) is 22.6 Å². The molecule has 0 atom stereocenters. The minimum absolute atomic E-state index is 0.0155. The van der Waals surface area contributed by atoms with E-state index in [1.165, 1.54) is 18.9 Å². The number of esters is 2. The maximum absolute atomic E-state index is 12.7. The van der Waals surface area contributed by atoms with Crippen LogP contribution in [0.5, 0.6) is 0 Å². The Morgan fingerprint density at radius 3 is 1.91 bits per heavy atom. The van der Waals surface area contributed by atoms with E-state index in [0.29, 0.717) is 16.9 Å². The molecule has 2 aromatic carbocycles. The Bertz CT molecular complexity index is 1270. The summed E-state index contributed by atoms with van der Waals surface area (Å²) in [5, 5.41) is 4.62. The van der Waals surface area contributed by atoms with Gasteiger partial charge in [-0.1, -0.05) is 30.3 Å². The van der Waals surface area contributed by atoms with Crippen LogP contribution in [0.15, 0.2) is 66.7 Å². The van der Waals surface area contributed by atoms with Crippen LogP contribution in [0.25, 0.3) is 22.6 Å². The Morgan fingerprint density at radius 2 is 1.34 bits per heavy atom. The Balaban J connectivity index is 1.91. The average Bonchev–Trinajstić information content (AvgIpc) is 3.39. The molecule has 0 amide bonds. The van der Waals surface area contributed by atoms with Crippen molar-refractivity contribution < 1.29 is 19.1 Å². The number of aromatic nitrogens is 3. The maximum atomic E-state index is 12.7. The van der Waals surface area contributed by atoms with Gasteiger partial charge in [0.2, 0.25) is 0 Å². The van der Waals surface area contributed by atoms with Crippen LogP contribution in [-0.4, -0.2) is 40.5 Å². The summed E-state index contributed by atoms with van der Waals surface area (Å²) in [7, 11) is 2.54. The first-order valence-corrected chi connectivity index (χ1v) is 10.1. The molecule has 0 aliphatic heterocycles. The van der Waals surface area contributed by atoms with Crippen molar-refractivity contribution in [3.63, 3.8) is 0 Å². The zero-order valence-electron chi connectivity index (χ0n) is 18.3. The molecule has 32 heavy (non-hydrogen) atoms. The minimum atomic E-state index is -0.678. The van der Waals surface area contributed by atoms with E-state index in [0.717, 1.165) is 17.1 Å². The van der Waals surface area contributed by atoms with Crippen molar-refractivity contribution >= 4 is 11.9 Å². The molecular weight excluding hydrogens is 406 g/mol. The van der Waals surface area contributed by atoms with Crippen molar-refractivity contribution in [3.8, 4) is 22.6 Å². The number of rotatable bonds is 5. The fraction of sp³-hybridized carbons (Fsp3) is 0.160. The summed E-state index contributed by atoms with van der Waals surface area (Å²) in [5.41, 5.74) is 4.94. The van der Waals surface area contributed by atoms with E-state index in [1.54, 1.807) is 12.1 Å². The number of benzene rings is 2. The number of carbonyl (C=O) groups is 2. The third-order valence-corrected chi connectivity index (χ3v) is 5.32. The Labute approximate surface area is 185 Å². The van der Waals surface area contributed by atoms with Crippen LogP contribution in [0.1, 0.15) is 32.2 Å². The number of aryl methyl sites for hydroxylation is 2. The fourth-order valence-electron chi connectivity index (χ4n) is 3.80. The second-order valence-electron chi connectivity index (χ2n) is 7.30. The first-order valence-electron chi connectivity index (χ1n) is 10.1. The molecule has 2 heterocycles. The van der Waals surface area contributed by atoms with Gasteiger partial charge in [0.1, 0.15) is 11.3 Å². The molecule has 7 nitrogen and oxygen atoms in total. The first kappa shape index (κ1) is 21.1. The molecule has 0 N–H and O–H groups in total. The molecule has 0 radical (unpaired) electrons. The second-order valence-corrected chi connectivity index (χ2v) is 7.30. The molecule has 162 valence electrons. The summed E-state index contributed by atoms with van der Waals surface area (Å²) in [5.74, 6) is -1.34. The van der Waals surface area contributed by atoms with E-state index < -0.39 is 11.9 Å². The zero-order valence-corrected chi connectivity index (χ0v) is 18.3. The number of para-hydroxylation sites is 1. The second kappa shape index (κ2) is 8.55. The van der Waals surface area contributed by atoms with Gasteiger partial charge in [-0.3, -0.25) is 0 Å². The molecule has 2 aromatic heterocycles. The number of hydrogen-bond donors (Lipinski definition) is 0. The number of hydrogen-bond acceptors (Lipinski definition) is 5. The summed E-state index contributed by atoms with van der Waals surface area (Å²) in [6, 6.07) is 20.9. The lowest BCUT2D eigenvalue weighted by Gasteiger charge is -2.10. The first-order chi connectivity index (χ1) is 15.5. The summed E-state index contributed by atoms with van der Waals surface area (Å²) in [4.78, 5) is 25.4. The Hall–Kier alpha value is -4.13. The van der Waals surface area contributed by atoms with Gasteiger partial charge < -0.3 is 14.0 Å². The fourth-order valence-corrected chi connectivity index (χ4v) is 3.80. The van der Waals surface area contributed by atoms with E-state index in [4.69, 9.17) is 9.47 Å². The average molecular weight is 429 g/mol. The molecule has 0 fully saturated rings. The maximum Gasteiger partial charge on any atom is 0.357 e. The van der Waals surface area contributed by atoms with E-state index in [9.17, 15) is 9.59 Å². The third kappa shape index (κ3) is 3.58. The lowest BCUT2D eigenvalue weighted by molar-refractivity contribution is 0.0549. The van der Waals surface area contributed by atoms with E-state index in [1.807, 2.05) is 56.3 Å². The van der Waals surface area contributed by atoms with Crippen LogP contribution in [-0.2, 0) is 9.47 Å². The van der Waals surface area contributed by atoms with Crippen LogP contribution in [0.2, 0.25) is 0 Å². The van der Waals surface area contributed by atoms with Gasteiger partial charge in [-0.2, -0.15) is 5.10 Å². The van der Waals surface area contributed by atoms with Crippen LogP contribution < -0.4 is 0 Å². The van der Waals surface area contributed by atoms with Gasteiger partial charge in [-0.25, -0.2) is 14.3 Å². The van der Waals surface area contributed by atoms with Gasteiger partial charge in [-0.05, 0) is 50.2 Å².